The molecule has 2 fully saturated rings. The lowest BCUT2D eigenvalue weighted by atomic mass is 9.90. The lowest BCUT2D eigenvalue weighted by molar-refractivity contribution is -0.141. The third-order valence-electron chi connectivity index (χ3n) is 4.01. The molecular weight excluding hydrogens is 258 g/mol. The zero-order chi connectivity index (χ0) is 14.0. The van der Waals surface area contributed by atoms with Crippen molar-refractivity contribution < 1.29 is 14.3 Å². The average Bonchev–Trinajstić information content (AvgIpc) is 2.51. The number of nitrogens with one attached hydrogen (secondary N) is 1. The van der Waals surface area contributed by atoms with Crippen molar-refractivity contribution in [3.05, 3.63) is 18.3 Å². The molecule has 2 aliphatic heterocycles. The van der Waals surface area contributed by atoms with Crippen LogP contribution in [0.4, 0.5) is 5.69 Å². The van der Waals surface area contributed by atoms with E-state index in [1.54, 1.807) is 24.3 Å². The third-order valence-corrected chi connectivity index (χ3v) is 4.01. The summed E-state index contributed by atoms with van der Waals surface area (Å²) < 4.78 is 10.9. The van der Waals surface area contributed by atoms with Gasteiger partial charge >= 0.3 is 0 Å². The van der Waals surface area contributed by atoms with Gasteiger partial charge in [0.15, 0.2) is 0 Å². The fourth-order valence-corrected chi connectivity index (χ4v) is 2.79. The largest absolute Gasteiger partial charge is 0.481 e. The second-order valence-electron chi connectivity index (χ2n) is 5.26. The van der Waals surface area contributed by atoms with E-state index in [1.165, 1.54) is 0 Å². The van der Waals surface area contributed by atoms with E-state index in [0.29, 0.717) is 12.4 Å². The fourth-order valence-electron chi connectivity index (χ4n) is 2.79. The molecule has 6 heteroatoms. The minimum absolute atomic E-state index is 0.0128. The number of nitrogens with zero attached hydrogens (tertiary/aromatic N) is 2. The number of pyridine rings is 1. The van der Waals surface area contributed by atoms with E-state index in [1.807, 2.05) is 6.07 Å². The molecule has 0 aliphatic carbocycles. The molecule has 20 heavy (non-hydrogen) atoms. The molecule has 0 bridgehead atoms. The number of carbonyl (C=O) groups is 1. The molecule has 108 valence electrons. The van der Waals surface area contributed by atoms with Crippen LogP contribution in [0.3, 0.4) is 0 Å². The van der Waals surface area contributed by atoms with Crippen molar-refractivity contribution in [3.63, 3.8) is 0 Å². The monoisotopic (exact) mass is 277 g/mol. The van der Waals surface area contributed by atoms with Gasteiger partial charge in [0.2, 0.25) is 5.88 Å². The van der Waals surface area contributed by atoms with E-state index in [9.17, 15) is 4.79 Å². The SMILES string of the molecule is COc1ccc(N2CC3(CCNCC3)OCC2=O)cn1. The van der Waals surface area contributed by atoms with Gasteiger partial charge in [-0.1, -0.05) is 0 Å². The Bertz CT molecular complexity index is 483. The van der Waals surface area contributed by atoms with Crippen molar-refractivity contribution in [3.8, 4) is 5.88 Å². The Labute approximate surface area is 118 Å². The van der Waals surface area contributed by atoms with Gasteiger partial charge in [0, 0.05) is 6.07 Å². The Morgan fingerprint density at radius 3 is 2.85 bits per heavy atom. The van der Waals surface area contributed by atoms with E-state index in [4.69, 9.17) is 9.47 Å². The summed E-state index contributed by atoms with van der Waals surface area (Å²) in [5.74, 6) is 0.534. The van der Waals surface area contributed by atoms with Gasteiger partial charge in [-0.15, -0.1) is 0 Å². The van der Waals surface area contributed by atoms with Crippen LogP contribution in [0.1, 0.15) is 12.8 Å². The summed E-state index contributed by atoms with van der Waals surface area (Å²) in [6.07, 6.45) is 3.54. The molecule has 0 atom stereocenters. The van der Waals surface area contributed by atoms with Gasteiger partial charge in [-0.3, -0.25) is 4.79 Å². The van der Waals surface area contributed by atoms with Crippen molar-refractivity contribution >= 4 is 11.6 Å². The summed E-state index contributed by atoms with van der Waals surface area (Å²) in [7, 11) is 1.58. The maximum atomic E-state index is 12.1. The second kappa shape index (κ2) is 5.38. The van der Waals surface area contributed by atoms with Crippen LogP contribution in [0.25, 0.3) is 0 Å². The Hall–Kier alpha value is -1.66. The van der Waals surface area contributed by atoms with E-state index in [-0.39, 0.29) is 18.1 Å². The van der Waals surface area contributed by atoms with Gasteiger partial charge in [-0.25, -0.2) is 4.98 Å². The molecule has 6 nitrogen and oxygen atoms in total. The summed E-state index contributed by atoms with van der Waals surface area (Å²) in [6, 6.07) is 3.64. The zero-order valence-electron chi connectivity index (χ0n) is 11.6. The van der Waals surface area contributed by atoms with Crippen LogP contribution in [0.15, 0.2) is 18.3 Å². The van der Waals surface area contributed by atoms with Crippen molar-refractivity contribution in [2.24, 2.45) is 0 Å². The predicted octanol–water partition coefficient (Wildman–Crippen LogP) is 0.576. The molecule has 0 saturated carbocycles. The number of hydrogen-bond donors (Lipinski definition) is 1. The molecule has 3 heterocycles. The number of ether oxygens (including phenoxy) is 2. The van der Waals surface area contributed by atoms with E-state index < -0.39 is 0 Å². The predicted molar refractivity (Wildman–Crippen MR) is 73.9 cm³/mol. The lowest BCUT2D eigenvalue weighted by Gasteiger charge is -2.44. The fraction of sp³-hybridized carbons (Fsp3) is 0.571. The summed E-state index contributed by atoms with van der Waals surface area (Å²) in [5, 5.41) is 3.32. The molecule has 1 spiro atoms. The van der Waals surface area contributed by atoms with E-state index in [2.05, 4.69) is 10.3 Å². The normalized spacial score (nSPS) is 22.1. The highest BCUT2D eigenvalue weighted by Gasteiger charge is 2.41. The topological polar surface area (TPSA) is 63.7 Å². The van der Waals surface area contributed by atoms with Crippen molar-refractivity contribution in [1.82, 2.24) is 10.3 Å². The van der Waals surface area contributed by atoms with Crippen LogP contribution in [0, 0.1) is 0 Å². The molecule has 0 radical (unpaired) electrons. The highest BCUT2D eigenvalue weighted by Crippen LogP contribution is 2.30. The molecule has 2 aliphatic rings. The van der Waals surface area contributed by atoms with Gasteiger partial charge in [0.05, 0.1) is 31.1 Å². The van der Waals surface area contributed by atoms with Crippen LogP contribution in [-0.2, 0) is 9.53 Å². The van der Waals surface area contributed by atoms with E-state index in [0.717, 1.165) is 31.6 Å². The summed E-state index contributed by atoms with van der Waals surface area (Å²) in [6.45, 7) is 2.61. The maximum absolute atomic E-state index is 12.1. The number of aromatic nitrogens is 1. The first-order chi connectivity index (χ1) is 9.72. The highest BCUT2D eigenvalue weighted by molar-refractivity contribution is 5.95. The molecule has 0 aromatic carbocycles. The molecule has 1 aromatic heterocycles. The van der Waals surface area contributed by atoms with Gasteiger partial charge in [-0.05, 0) is 32.0 Å². The van der Waals surface area contributed by atoms with Crippen molar-refractivity contribution in [2.45, 2.75) is 18.4 Å². The smallest absolute Gasteiger partial charge is 0.253 e. The molecule has 1 aromatic rings. The molecule has 0 unspecified atom stereocenters. The molecule has 2 saturated heterocycles. The number of carbonyl (C=O) groups excluding carboxylic acids is 1. The number of hydrogen-bond acceptors (Lipinski definition) is 5. The van der Waals surface area contributed by atoms with Crippen LogP contribution >= 0.6 is 0 Å². The summed E-state index contributed by atoms with van der Waals surface area (Å²) >= 11 is 0. The maximum Gasteiger partial charge on any atom is 0.253 e. The lowest BCUT2D eigenvalue weighted by Crippen LogP contribution is -2.58. The van der Waals surface area contributed by atoms with Gasteiger partial charge in [-0.2, -0.15) is 0 Å². The first-order valence-corrected chi connectivity index (χ1v) is 6.88. The summed E-state index contributed by atoms with van der Waals surface area (Å²) in [5.41, 5.74) is 0.594. The van der Waals surface area contributed by atoms with Crippen LogP contribution < -0.4 is 15.0 Å². The summed E-state index contributed by atoms with van der Waals surface area (Å²) in [4.78, 5) is 18.1. The Balaban J connectivity index is 1.80. The standard InChI is InChI=1S/C14H19N3O3/c1-19-12-3-2-11(8-16-12)17-10-14(20-9-13(17)18)4-6-15-7-5-14/h2-3,8,15H,4-7,9-10H2,1H3. The Kier molecular flexibility index (Phi) is 3.58. The number of rotatable bonds is 2. The van der Waals surface area contributed by atoms with Crippen LogP contribution in [0.2, 0.25) is 0 Å². The second-order valence-corrected chi connectivity index (χ2v) is 5.26. The zero-order valence-corrected chi connectivity index (χ0v) is 11.6. The molecular formula is C14H19N3O3. The Morgan fingerprint density at radius 2 is 2.20 bits per heavy atom. The minimum atomic E-state index is -0.209. The highest BCUT2D eigenvalue weighted by atomic mass is 16.5. The third kappa shape index (κ3) is 2.48. The number of methoxy groups -OCH3 is 1. The first-order valence-electron chi connectivity index (χ1n) is 6.88. The van der Waals surface area contributed by atoms with Gasteiger partial charge in [0.1, 0.15) is 6.61 Å². The molecule has 1 N–H and O–H groups in total. The number of amides is 1. The number of anilines is 1. The Morgan fingerprint density at radius 1 is 1.40 bits per heavy atom. The average molecular weight is 277 g/mol. The van der Waals surface area contributed by atoms with E-state index >= 15 is 0 Å². The quantitative estimate of drug-likeness (QED) is 0.856. The van der Waals surface area contributed by atoms with Gasteiger partial charge in [0.25, 0.3) is 5.91 Å². The van der Waals surface area contributed by atoms with Crippen LogP contribution in [-0.4, -0.2) is 49.8 Å². The van der Waals surface area contributed by atoms with Crippen molar-refractivity contribution in [1.29, 1.82) is 0 Å². The minimum Gasteiger partial charge on any atom is -0.481 e. The number of piperidine rings is 1. The number of morpholine rings is 1. The van der Waals surface area contributed by atoms with Crippen molar-refractivity contribution in [2.75, 3.05) is 38.3 Å². The van der Waals surface area contributed by atoms with Crippen LogP contribution in [0.5, 0.6) is 5.88 Å². The molecule has 1 amide bonds. The first kappa shape index (κ1) is 13.3. The molecule has 3 rings (SSSR count). The van der Waals surface area contributed by atoms with Gasteiger partial charge < -0.3 is 19.7 Å².